The number of halogens is 2. The lowest BCUT2D eigenvalue weighted by Gasteiger charge is -2.22. The first-order valence-corrected chi connectivity index (χ1v) is 8.37. The molecule has 1 N–H and O–H groups in total. The SMILES string of the molecule is CN(C)CC1(C(=O)N[C@H]2CCN(Cc3nccn3C(F)F)C2)CC1. The molecule has 2 aliphatic rings. The van der Waals surface area contributed by atoms with Crippen LogP contribution in [0.3, 0.4) is 0 Å². The Kier molecular flexibility index (Phi) is 4.87. The maximum atomic E-state index is 12.9. The van der Waals surface area contributed by atoms with Gasteiger partial charge in [-0.05, 0) is 33.4 Å². The molecule has 3 rings (SSSR count). The van der Waals surface area contributed by atoms with Gasteiger partial charge in [0, 0.05) is 38.1 Å². The Hall–Kier alpha value is -1.54. The van der Waals surface area contributed by atoms with Gasteiger partial charge in [0.1, 0.15) is 5.82 Å². The fourth-order valence-electron chi connectivity index (χ4n) is 3.49. The predicted octanol–water partition coefficient (Wildman–Crippen LogP) is 1.31. The van der Waals surface area contributed by atoms with Crippen molar-refractivity contribution in [2.24, 2.45) is 5.41 Å². The van der Waals surface area contributed by atoms with Crippen molar-refractivity contribution in [3.8, 4) is 0 Å². The number of hydrogen-bond acceptors (Lipinski definition) is 4. The van der Waals surface area contributed by atoms with E-state index in [0.717, 1.165) is 36.9 Å². The third-order valence-electron chi connectivity index (χ3n) is 4.89. The molecular formula is C16H25F2N5O. The van der Waals surface area contributed by atoms with Gasteiger partial charge in [0.25, 0.3) is 0 Å². The highest BCUT2D eigenvalue weighted by Crippen LogP contribution is 2.46. The lowest BCUT2D eigenvalue weighted by atomic mass is 10.1. The first-order valence-electron chi connectivity index (χ1n) is 8.37. The normalized spacial score (nSPS) is 23.2. The zero-order chi connectivity index (χ0) is 17.3. The van der Waals surface area contributed by atoms with Gasteiger partial charge in [-0.2, -0.15) is 8.78 Å². The minimum Gasteiger partial charge on any atom is -0.352 e. The molecule has 8 heteroatoms. The van der Waals surface area contributed by atoms with Crippen molar-refractivity contribution in [1.82, 2.24) is 24.7 Å². The number of hydrogen-bond donors (Lipinski definition) is 1. The maximum absolute atomic E-state index is 12.9. The second kappa shape index (κ2) is 6.76. The van der Waals surface area contributed by atoms with E-state index in [-0.39, 0.29) is 17.4 Å². The summed E-state index contributed by atoms with van der Waals surface area (Å²) < 4.78 is 26.6. The Balaban J connectivity index is 1.51. The first-order chi connectivity index (χ1) is 11.4. The van der Waals surface area contributed by atoms with Gasteiger partial charge in [-0.15, -0.1) is 0 Å². The Bertz CT molecular complexity index is 585. The second-order valence-corrected chi connectivity index (χ2v) is 7.24. The van der Waals surface area contributed by atoms with Crippen LogP contribution in [0, 0.1) is 5.41 Å². The number of aromatic nitrogens is 2. The molecule has 1 aromatic rings. The molecule has 1 saturated carbocycles. The molecule has 1 aliphatic carbocycles. The summed E-state index contributed by atoms with van der Waals surface area (Å²) in [5.74, 6) is 0.500. The summed E-state index contributed by atoms with van der Waals surface area (Å²) in [4.78, 5) is 20.7. The third kappa shape index (κ3) is 3.75. The van der Waals surface area contributed by atoms with Gasteiger partial charge in [0.15, 0.2) is 0 Å². The quantitative estimate of drug-likeness (QED) is 0.813. The Labute approximate surface area is 140 Å². The number of likely N-dealkylation sites (tertiary alicyclic amines) is 1. The fourth-order valence-corrected chi connectivity index (χ4v) is 3.49. The molecule has 2 fully saturated rings. The summed E-state index contributed by atoms with van der Waals surface area (Å²) in [5.41, 5.74) is -0.219. The predicted molar refractivity (Wildman–Crippen MR) is 85.5 cm³/mol. The minimum atomic E-state index is -2.57. The summed E-state index contributed by atoms with van der Waals surface area (Å²) in [6.07, 6.45) is 5.43. The average Bonchev–Trinajstić information content (AvgIpc) is 2.94. The minimum absolute atomic E-state index is 0.0899. The number of alkyl halides is 2. The van der Waals surface area contributed by atoms with Gasteiger partial charge < -0.3 is 10.2 Å². The Morgan fingerprint density at radius 2 is 2.25 bits per heavy atom. The summed E-state index contributed by atoms with van der Waals surface area (Å²) >= 11 is 0. The van der Waals surface area contributed by atoms with Crippen molar-refractivity contribution in [2.45, 2.75) is 38.4 Å². The van der Waals surface area contributed by atoms with E-state index in [2.05, 4.69) is 20.1 Å². The number of carbonyl (C=O) groups is 1. The van der Waals surface area contributed by atoms with E-state index < -0.39 is 6.55 Å². The van der Waals surface area contributed by atoms with Gasteiger partial charge in [0.2, 0.25) is 5.91 Å². The fraction of sp³-hybridized carbons (Fsp3) is 0.750. The molecule has 134 valence electrons. The van der Waals surface area contributed by atoms with Crippen LogP contribution < -0.4 is 5.32 Å². The molecule has 6 nitrogen and oxygen atoms in total. The van der Waals surface area contributed by atoms with E-state index in [0.29, 0.717) is 18.9 Å². The van der Waals surface area contributed by atoms with Crippen LogP contribution in [0.5, 0.6) is 0 Å². The number of imidazole rings is 1. The van der Waals surface area contributed by atoms with Gasteiger partial charge in [-0.1, -0.05) is 0 Å². The van der Waals surface area contributed by atoms with Crippen LogP contribution in [0.1, 0.15) is 31.6 Å². The highest BCUT2D eigenvalue weighted by Gasteiger charge is 2.50. The average molecular weight is 341 g/mol. The molecule has 1 amide bonds. The van der Waals surface area contributed by atoms with Crippen LogP contribution in [-0.4, -0.2) is 65.0 Å². The van der Waals surface area contributed by atoms with Crippen molar-refractivity contribution in [2.75, 3.05) is 33.7 Å². The first kappa shape index (κ1) is 17.3. The van der Waals surface area contributed by atoms with E-state index in [1.807, 2.05) is 14.1 Å². The van der Waals surface area contributed by atoms with Crippen molar-refractivity contribution in [1.29, 1.82) is 0 Å². The lowest BCUT2D eigenvalue weighted by Crippen LogP contribution is -2.44. The number of amides is 1. The van der Waals surface area contributed by atoms with E-state index in [1.54, 1.807) is 0 Å². The summed E-state index contributed by atoms with van der Waals surface area (Å²) in [5, 5.41) is 3.15. The topological polar surface area (TPSA) is 53.4 Å². The van der Waals surface area contributed by atoms with Crippen molar-refractivity contribution in [3.05, 3.63) is 18.2 Å². The molecule has 0 spiro atoms. The Morgan fingerprint density at radius 1 is 1.50 bits per heavy atom. The number of carbonyl (C=O) groups excluding carboxylic acids is 1. The molecule has 0 radical (unpaired) electrons. The van der Waals surface area contributed by atoms with Crippen molar-refractivity contribution >= 4 is 5.91 Å². The highest BCUT2D eigenvalue weighted by molar-refractivity contribution is 5.85. The zero-order valence-corrected chi connectivity index (χ0v) is 14.2. The third-order valence-corrected chi connectivity index (χ3v) is 4.89. The van der Waals surface area contributed by atoms with Crippen LogP contribution >= 0.6 is 0 Å². The summed E-state index contributed by atoms with van der Waals surface area (Å²) in [6.45, 7) is 0.0521. The molecule has 0 bridgehead atoms. The molecule has 1 atom stereocenters. The van der Waals surface area contributed by atoms with Crippen molar-refractivity contribution < 1.29 is 13.6 Å². The van der Waals surface area contributed by atoms with E-state index in [9.17, 15) is 13.6 Å². The monoisotopic (exact) mass is 341 g/mol. The van der Waals surface area contributed by atoms with E-state index in [4.69, 9.17) is 0 Å². The molecule has 1 aliphatic heterocycles. The van der Waals surface area contributed by atoms with Crippen LogP contribution in [0.25, 0.3) is 0 Å². The lowest BCUT2D eigenvalue weighted by molar-refractivity contribution is -0.127. The van der Waals surface area contributed by atoms with Gasteiger partial charge in [-0.25, -0.2) is 4.98 Å². The molecule has 0 unspecified atom stereocenters. The van der Waals surface area contributed by atoms with Gasteiger partial charge in [-0.3, -0.25) is 14.3 Å². The van der Waals surface area contributed by atoms with E-state index in [1.165, 1.54) is 12.4 Å². The van der Waals surface area contributed by atoms with Crippen LogP contribution in [-0.2, 0) is 11.3 Å². The highest BCUT2D eigenvalue weighted by atomic mass is 19.3. The largest absolute Gasteiger partial charge is 0.352 e. The molecule has 24 heavy (non-hydrogen) atoms. The van der Waals surface area contributed by atoms with Crippen LogP contribution in [0.2, 0.25) is 0 Å². The van der Waals surface area contributed by atoms with E-state index >= 15 is 0 Å². The summed E-state index contributed by atoms with van der Waals surface area (Å²) in [7, 11) is 3.96. The number of nitrogens with one attached hydrogen (secondary N) is 1. The maximum Gasteiger partial charge on any atom is 0.319 e. The smallest absolute Gasteiger partial charge is 0.319 e. The summed E-state index contributed by atoms with van der Waals surface area (Å²) in [6, 6.07) is 0.0899. The number of rotatable bonds is 7. The van der Waals surface area contributed by atoms with Crippen LogP contribution in [0.4, 0.5) is 8.78 Å². The van der Waals surface area contributed by atoms with Gasteiger partial charge >= 0.3 is 6.55 Å². The standard InChI is InChI=1S/C16H25F2N5O/c1-21(2)11-16(4-5-16)14(24)20-12-3-7-22(9-12)10-13-19-6-8-23(13)15(17)18/h6,8,12,15H,3-5,7,9-11H2,1-2H3,(H,20,24)/t12-/m0/s1. The molecule has 2 heterocycles. The molecular weight excluding hydrogens is 316 g/mol. The molecule has 0 aromatic carbocycles. The van der Waals surface area contributed by atoms with Crippen LogP contribution in [0.15, 0.2) is 12.4 Å². The zero-order valence-electron chi connectivity index (χ0n) is 14.2. The second-order valence-electron chi connectivity index (χ2n) is 7.24. The Morgan fingerprint density at radius 3 is 2.88 bits per heavy atom. The molecule has 1 aromatic heterocycles. The van der Waals surface area contributed by atoms with Gasteiger partial charge in [0.05, 0.1) is 12.0 Å². The number of nitrogens with zero attached hydrogens (tertiary/aromatic N) is 4. The van der Waals surface area contributed by atoms with Crippen molar-refractivity contribution in [3.63, 3.8) is 0 Å². The molecule has 1 saturated heterocycles.